The number of carbonyl (C=O) groups is 4. The maximum absolute atomic E-state index is 13.3. The Morgan fingerprint density at radius 3 is 2.63 bits per heavy atom. The number of nitrogens with one attached hydrogen (secondary N) is 2. The third kappa shape index (κ3) is 3.97. The molecule has 3 rings (SSSR count). The van der Waals surface area contributed by atoms with E-state index >= 15 is 0 Å². The maximum atomic E-state index is 13.3. The van der Waals surface area contributed by atoms with E-state index < -0.39 is 41.7 Å². The summed E-state index contributed by atoms with van der Waals surface area (Å²) in [4.78, 5) is 50.0. The summed E-state index contributed by atoms with van der Waals surface area (Å²) < 4.78 is 18.0. The highest BCUT2D eigenvalue weighted by Gasteiger charge is 2.50. The van der Waals surface area contributed by atoms with Crippen molar-refractivity contribution in [2.24, 2.45) is 0 Å². The van der Waals surface area contributed by atoms with E-state index in [1.54, 1.807) is 12.1 Å². The molecule has 0 spiro atoms. The molecule has 2 aromatic rings. The molecule has 1 aliphatic rings. The van der Waals surface area contributed by atoms with Crippen molar-refractivity contribution in [1.82, 2.24) is 10.2 Å². The van der Waals surface area contributed by atoms with Crippen molar-refractivity contribution in [1.29, 1.82) is 0 Å². The van der Waals surface area contributed by atoms with Crippen molar-refractivity contribution in [2.45, 2.75) is 12.5 Å². The predicted octanol–water partition coefficient (Wildman–Crippen LogP) is 2.67. The van der Waals surface area contributed by atoms with Gasteiger partial charge >= 0.3 is 12.0 Å². The standard InChI is InChI=1S/C20H17ClFN3O5/c1-20(14-7-6-12(22)9-15(14)21)18(28)25(19(29)24-20)10-16(26)23-13-5-3-4-11(8-13)17(27)30-2/h3-9H,10H2,1-2H3,(H,23,26)(H,24,29). The van der Waals surface area contributed by atoms with Crippen LogP contribution < -0.4 is 10.6 Å². The van der Waals surface area contributed by atoms with Crippen molar-refractivity contribution < 1.29 is 28.3 Å². The summed E-state index contributed by atoms with van der Waals surface area (Å²) in [7, 11) is 1.23. The number of methoxy groups -OCH3 is 1. The Morgan fingerprint density at radius 1 is 1.23 bits per heavy atom. The SMILES string of the molecule is COC(=O)c1cccc(NC(=O)CN2C(=O)NC(C)(c3ccc(F)cc3Cl)C2=O)c1. The number of esters is 1. The zero-order valence-electron chi connectivity index (χ0n) is 16.0. The van der Waals surface area contributed by atoms with Gasteiger partial charge < -0.3 is 15.4 Å². The highest BCUT2D eigenvalue weighted by Crippen LogP contribution is 2.33. The number of hydrogen-bond donors (Lipinski definition) is 2. The Hall–Kier alpha value is -3.46. The minimum atomic E-state index is -1.55. The Balaban J connectivity index is 1.76. The number of nitrogens with zero attached hydrogens (tertiary/aromatic N) is 1. The summed E-state index contributed by atoms with van der Waals surface area (Å²) in [6.07, 6.45) is 0. The van der Waals surface area contributed by atoms with Crippen LogP contribution >= 0.6 is 11.6 Å². The molecular formula is C20H17ClFN3O5. The number of hydrogen-bond acceptors (Lipinski definition) is 5. The molecule has 0 aromatic heterocycles. The van der Waals surface area contributed by atoms with Gasteiger partial charge in [-0.25, -0.2) is 14.0 Å². The van der Waals surface area contributed by atoms with E-state index in [9.17, 15) is 23.6 Å². The molecule has 1 atom stereocenters. The molecule has 1 saturated heterocycles. The lowest BCUT2D eigenvalue weighted by Crippen LogP contribution is -2.42. The molecule has 1 heterocycles. The summed E-state index contributed by atoms with van der Waals surface area (Å²) in [5, 5.41) is 4.99. The van der Waals surface area contributed by atoms with Gasteiger partial charge in [0.2, 0.25) is 5.91 Å². The highest BCUT2D eigenvalue weighted by molar-refractivity contribution is 6.32. The van der Waals surface area contributed by atoms with Gasteiger partial charge in [-0.2, -0.15) is 0 Å². The fourth-order valence-electron chi connectivity index (χ4n) is 3.10. The summed E-state index contributed by atoms with van der Waals surface area (Å²) in [5.74, 6) is -2.53. The van der Waals surface area contributed by atoms with Crippen LogP contribution in [0.3, 0.4) is 0 Å². The molecule has 1 aliphatic heterocycles. The van der Waals surface area contributed by atoms with Crippen molar-refractivity contribution >= 4 is 41.1 Å². The average molecular weight is 434 g/mol. The first kappa shape index (κ1) is 21.3. The fraction of sp³-hybridized carbons (Fsp3) is 0.200. The molecule has 0 radical (unpaired) electrons. The number of ether oxygens (including phenoxy) is 1. The van der Waals surface area contributed by atoms with Crippen LogP contribution in [0.1, 0.15) is 22.8 Å². The summed E-state index contributed by atoms with van der Waals surface area (Å²) in [6.45, 7) is 0.853. The van der Waals surface area contributed by atoms with E-state index in [1.165, 1.54) is 32.2 Å². The summed E-state index contributed by atoms with van der Waals surface area (Å²) in [6, 6.07) is 8.66. The van der Waals surface area contributed by atoms with E-state index in [4.69, 9.17) is 11.6 Å². The van der Waals surface area contributed by atoms with Crippen molar-refractivity contribution in [2.75, 3.05) is 19.0 Å². The zero-order chi connectivity index (χ0) is 22.1. The van der Waals surface area contributed by atoms with Gasteiger partial charge in [0.15, 0.2) is 0 Å². The topological polar surface area (TPSA) is 105 Å². The van der Waals surface area contributed by atoms with E-state index in [0.717, 1.165) is 17.0 Å². The van der Waals surface area contributed by atoms with E-state index in [1.807, 2.05) is 0 Å². The smallest absolute Gasteiger partial charge is 0.337 e. The number of carbonyl (C=O) groups excluding carboxylic acids is 4. The van der Waals surface area contributed by atoms with Gasteiger partial charge in [0, 0.05) is 16.3 Å². The fourth-order valence-corrected chi connectivity index (χ4v) is 3.46. The lowest BCUT2D eigenvalue weighted by molar-refractivity contribution is -0.133. The van der Waals surface area contributed by atoms with Gasteiger partial charge in [-0.05, 0) is 37.3 Å². The average Bonchev–Trinajstić information content (AvgIpc) is 2.91. The second-order valence-corrected chi connectivity index (χ2v) is 7.10. The number of benzene rings is 2. The monoisotopic (exact) mass is 433 g/mol. The first-order valence-corrected chi connectivity index (χ1v) is 9.11. The third-order valence-electron chi connectivity index (χ3n) is 4.61. The molecule has 1 unspecified atom stereocenters. The van der Waals surface area contributed by atoms with Crippen LogP contribution in [-0.2, 0) is 19.9 Å². The van der Waals surface area contributed by atoms with Crippen LogP contribution in [0.15, 0.2) is 42.5 Å². The number of amides is 4. The van der Waals surface area contributed by atoms with Gasteiger partial charge in [-0.15, -0.1) is 0 Å². The predicted molar refractivity (Wildman–Crippen MR) is 105 cm³/mol. The van der Waals surface area contributed by atoms with Gasteiger partial charge in [0.1, 0.15) is 17.9 Å². The molecule has 2 N–H and O–H groups in total. The summed E-state index contributed by atoms with van der Waals surface area (Å²) in [5.41, 5.74) is -0.826. The second kappa shape index (κ2) is 8.11. The van der Waals surface area contributed by atoms with Crippen molar-refractivity contribution in [3.63, 3.8) is 0 Å². The van der Waals surface area contributed by atoms with Crippen molar-refractivity contribution in [3.05, 3.63) is 64.4 Å². The Morgan fingerprint density at radius 2 is 1.97 bits per heavy atom. The Labute approximate surface area is 175 Å². The van der Waals surface area contributed by atoms with Crippen LogP contribution in [0.4, 0.5) is 14.9 Å². The molecule has 2 aromatic carbocycles. The molecule has 0 saturated carbocycles. The van der Waals surface area contributed by atoms with Crippen LogP contribution in [0, 0.1) is 5.82 Å². The van der Waals surface area contributed by atoms with Crippen LogP contribution in [0.2, 0.25) is 5.02 Å². The molecule has 156 valence electrons. The molecule has 30 heavy (non-hydrogen) atoms. The normalized spacial score (nSPS) is 18.2. The van der Waals surface area contributed by atoms with Gasteiger partial charge in [0.05, 0.1) is 12.7 Å². The highest BCUT2D eigenvalue weighted by atomic mass is 35.5. The number of urea groups is 1. The lowest BCUT2D eigenvalue weighted by Gasteiger charge is -2.23. The Bertz CT molecular complexity index is 1060. The van der Waals surface area contributed by atoms with Crippen LogP contribution in [-0.4, -0.2) is 42.4 Å². The molecule has 4 amide bonds. The molecule has 1 fully saturated rings. The van der Waals surface area contributed by atoms with Crippen LogP contribution in [0.25, 0.3) is 0 Å². The first-order chi connectivity index (χ1) is 14.2. The van der Waals surface area contributed by atoms with E-state index in [0.29, 0.717) is 5.69 Å². The van der Waals surface area contributed by atoms with Gasteiger partial charge in [-0.1, -0.05) is 23.7 Å². The quantitative estimate of drug-likeness (QED) is 0.557. The lowest BCUT2D eigenvalue weighted by atomic mass is 9.92. The zero-order valence-corrected chi connectivity index (χ0v) is 16.7. The molecule has 0 aliphatic carbocycles. The number of anilines is 1. The third-order valence-corrected chi connectivity index (χ3v) is 4.93. The molecule has 8 nitrogen and oxygen atoms in total. The molecule has 10 heteroatoms. The summed E-state index contributed by atoms with van der Waals surface area (Å²) >= 11 is 6.05. The number of imide groups is 1. The first-order valence-electron chi connectivity index (χ1n) is 8.73. The largest absolute Gasteiger partial charge is 0.465 e. The number of rotatable bonds is 5. The van der Waals surface area contributed by atoms with Crippen molar-refractivity contribution in [3.8, 4) is 0 Å². The minimum absolute atomic E-state index is 0.0305. The van der Waals surface area contributed by atoms with Crippen LogP contribution in [0.5, 0.6) is 0 Å². The van der Waals surface area contributed by atoms with E-state index in [-0.39, 0.29) is 16.1 Å². The minimum Gasteiger partial charge on any atom is -0.465 e. The molecular weight excluding hydrogens is 417 g/mol. The Kier molecular flexibility index (Phi) is 5.75. The number of halogens is 2. The van der Waals surface area contributed by atoms with Gasteiger partial charge in [-0.3, -0.25) is 14.5 Å². The van der Waals surface area contributed by atoms with E-state index in [2.05, 4.69) is 15.4 Å². The molecule has 0 bridgehead atoms. The maximum Gasteiger partial charge on any atom is 0.337 e. The second-order valence-electron chi connectivity index (χ2n) is 6.69. The van der Waals surface area contributed by atoms with Gasteiger partial charge in [0.25, 0.3) is 5.91 Å².